The molecule has 18 heavy (non-hydrogen) atoms. The molecule has 98 valence electrons. The van der Waals surface area contributed by atoms with Crippen LogP contribution in [-0.2, 0) is 0 Å². The Morgan fingerprint density at radius 3 is 2.50 bits per heavy atom. The van der Waals surface area contributed by atoms with Gasteiger partial charge in [-0.2, -0.15) is 5.26 Å². The van der Waals surface area contributed by atoms with Crippen molar-refractivity contribution in [1.82, 2.24) is 4.90 Å². The van der Waals surface area contributed by atoms with E-state index in [9.17, 15) is 5.26 Å². The van der Waals surface area contributed by atoms with Gasteiger partial charge in [-0.05, 0) is 54.1 Å². The molecule has 0 bridgehead atoms. The van der Waals surface area contributed by atoms with E-state index in [1.54, 1.807) is 7.11 Å². The largest absolute Gasteiger partial charge is 0.496 e. The molecular weight excluding hydrogens is 292 g/mol. The van der Waals surface area contributed by atoms with Crippen LogP contribution in [0.25, 0.3) is 0 Å². The van der Waals surface area contributed by atoms with Crippen LogP contribution in [0.3, 0.4) is 0 Å². The summed E-state index contributed by atoms with van der Waals surface area (Å²) in [6.45, 7) is 2.04. The smallest absolute Gasteiger partial charge is 0.133 e. The minimum Gasteiger partial charge on any atom is -0.496 e. The van der Waals surface area contributed by atoms with E-state index in [-0.39, 0.29) is 12.0 Å². The van der Waals surface area contributed by atoms with Crippen LogP contribution in [0.4, 0.5) is 0 Å². The highest BCUT2D eigenvalue weighted by atomic mass is 79.9. The van der Waals surface area contributed by atoms with Crippen molar-refractivity contribution in [3.63, 3.8) is 0 Å². The number of benzene rings is 1. The van der Waals surface area contributed by atoms with E-state index < -0.39 is 0 Å². The second kappa shape index (κ2) is 6.77. The summed E-state index contributed by atoms with van der Waals surface area (Å²) in [7, 11) is 5.65. The van der Waals surface area contributed by atoms with Crippen molar-refractivity contribution in [3.05, 3.63) is 28.2 Å². The number of hydrogen-bond acceptors (Lipinski definition) is 3. The average molecular weight is 311 g/mol. The van der Waals surface area contributed by atoms with Crippen molar-refractivity contribution >= 4 is 15.9 Å². The molecule has 0 radical (unpaired) electrons. The molecule has 0 saturated carbocycles. The molecule has 1 aromatic carbocycles. The van der Waals surface area contributed by atoms with Gasteiger partial charge in [0.25, 0.3) is 0 Å². The summed E-state index contributed by atoms with van der Waals surface area (Å²) in [4.78, 5) is 2.09. The van der Waals surface area contributed by atoms with E-state index in [1.807, 2.05) is 39.2 Å². The molecule has 0 aromatic heterocycles. The first-order valence-corrected chi connectivity index (χ1v) is 6.73. The first-order valence-electron chi connectivity index (χ1n) is 5.94. The van der Waals surface area contributed by atoms with Gasteiger partial charge >= 0.3 is 0 Å². The molecule has 1 rings (SSSR count). The van der Waals surface area contributed by atoms with Crippen LogP contribution in [0, 0.1) is 17.2 Å². The number of nitrogens with zero attached hydrogens (tertiary/aromatic N) is 2. The van der Waals surface area contributed by atoms with E-state index in [4.69, 9.17) is 4.74 Å². The number of hydrogen-bond donors (Lipinski definition) is 0. The lowest BCUT2D eigenvalue weighted by Gasteiger charge is -2.28. The summed E-state index contributed by atoms with van der Waals surface area (Å²) in [6, 6.07) is 8.47. The predicted molar refractivity (Wildman–Crippen MR) is 76.5 cm³/mol. The Bertz CT molecular complexity index is 440. The Morgan fingerprint density at radius 2 is 2.11 bits per heavy atom. The summed E-state index contributed by atoms with van der Waals surface area (Å²) in [5, 5.41) is 9.26. The lowest BCUT2D eigenvalue weighted by molar-refractivity contribution is 0.241. The molecule has 0 saturated heterocycles. The molecule has 0 spiro atoms. The van der Waals surface area contributed by atoms with E-state index >= 15 is 0 Å². The van der Waals surface area contributed by atoms with Gasteiger partial charge < -0.3 is 9.64 Å². The normalized spacial score (nSPS) is 14.1. The van der Waals surface area contributed by atoms with Gasteiger partial charge in [-0.3, -0.25) is 0 Å². The molecule has 0 aliphatic rings. The fourth-order valence-electron chi connectivity index (χ4n) is 2.14. The van der Waals surface area contributed by atoms with Gasteiger partial charge in [-0.15, -0.1) is 0 Å². The second-order valence-electron chi connectivity index (χ2n) is 4.45. The summed E-state index contributed by atoms with van der Waals surface area (Å²) < 4.78 is 6.15. The maximum Gasteiger partial charge on any atom is 0.133 e. The molecule has 0 aliphatic heterocycles. The minimum atomic E-state index is -0.0136. The van der Waals surface area contributed by atoms with Crippen molar-refractivity contribution < 1.29 is 4.74 Å². The third-order valence-electron chi connectivity index (χ3n) is 3.06. The van der Waals surface area contributed by atoms with Crippen LogP contribution >= 0.6 is 15.9 Å². The SMILES string of the molecule is CCC(C#N)C(c1ccc(OC)c(Br)c1)N(C)C. The first-order chi connectivity index (χ1) is 8.54. The Labute approximate surface area is 117 Å². The van der Waals surface area contributed by atoms with Crippen LogP contribution in [0.1, 0.15) is 24.9 Å². The molecule has 3 nitrogen and oxygen atoms in total. The van der Waals surface area contributed by atoms with Crippen LogP contribution < -0.4 is 4.74 Å². The topological polar surface area (TPSA) is 36.3 Å². The van der Waals surface area contributed by atoms with Crippen LogP contribution in [0.15, 0.2) is 22.7 Å². The zero-order chi connectivity index (χ0) is 13.7. The van der Waals surface area contributed by atoms with Crippen molar-refractivity contribution in [2.24, 2.45) is 5.92 Å². The molecule has 0 amide bonds. The lowest BCUT2D eigenvalue weighted by Crippen LogP contribution is -2.26. The van der Waals surface area contributed by atoms with E-state index in [2.05, 4.69) is 26.9 Å². The average Bonchev–Trinajstić information content (AvgIpc) is 2.35. The molecule has 0 aliphatic carbocycles. The molecule has 2 unspecified atom stereocenters. The third kappa shape index (κ3) is 3.24. The number of rotatable bonds is 5. The second-order valence-corrected chi connectivity index (χ2v) is 5.30. The predicted octanol–water partition coefficient (Wildman–Crippen LogP) is 3.61. The van der Waals surface area contributed by atoms with Crippen LogP contribution in [-0.4, -0.2) is 26.1 Å². The first kappa shape index (κ1) is 15.0. The van der Waals surface area contributed by atoms with E-state index in [1.165, 1.54) is 0 Å². The highest BCUT2D eigenvalue weighted by Gasteiger charge is 2.24. The van der Waals surface area contributed by atoms with Gasteiger partial charge in [0.05, 0.1) is 29.6 Å². The van der Waals surface area contributed by atoms with Gasteiger partial charge in [0.2, 0.25) is 0 Å². The Balaban J connectivity index is 3.15. The zero-order valence-electron chi connectivity index (χ0n) is 11.3. The fourth-order valence-corrected chi connectivity index (χ4v) is 2.70. The molecule has 0 heterocycles. The van der Waals surface area contributed by atoms with Crippen molar-refractivity contribution in [1.29, 1.82) is 5.26 Å². The molecule has 0 fully saturated rings. The number of nitriles is 1. The fraction of sp³-hybridized carbons (Fsp3) is 0.500. The Hall–Kier alpha value is -1.05. The number of halogens is 1. The Morgan fingerprint density at radius 1 is 1.44 bits per heavy atom. The van der Waals surface area contributed by atoms with Crippen molar-refractivity contribution in [2.75, 3.05) is 21.2 Å². The molecule has 2 atom stereocenters. The summed E-state index contributed by atoms with van der Waals surface area (Å²) >= 11 is 3.49. The highest BCUT2D eigenvalue weighted by Crippen LogP contribution is 2.33. The summed E-state index contributed by atoms with van der Waals surface area (Å²) in [5.41, 5.74) is 1.13. The highest BCUT2D eigenvalue weighted by molar-refractivity contribution is 9.10. The van der Waals surface area contributed by atoms with Gasteiger partial charge in [-0.1, -0.05) is 13.0 Å². The molecular formula is C14H19BrN2O. The van der Waals surface area contributed by atoms with E-state index in [0.717, 1.165) is 22.2 Å². The van der Waals surface area contributed by atoms with Gasteiger partial charge in [0.1, 0.15) is 5.75 Å². The van der Waals surface area contributed by atoms with Crippen LogP contribution in [0.2, 0.25) is 0 Å². The van der Waals surface area contributed by atoms with Gasteiger partial charge in [0.15, 0.2) is 0 Å². The minimum absolute atomic E-state index is 0.0136. The summed E-state index contributed by atoms with van der Waals surface area (Å²) in [5.74, 6) is 0.793. The van der Waals surface area contributed by atoms with Gasteiger partial charge in [0, 0.05) is 0 Å². The zero-order valence-corrected chi connectivity index (χ0v) is 12.9. The van der Waals surface area contributed by atoms with E-state index in [0.29, 0.717) is 0 Å². The maximum absolute atomic E-state index is 9.26. The van der Waals surface area contributed by atoms with Crippen LogP contribution in [0.5, 0.6) is 5.75 Å². The van der Waals surface area contributed by atoms with Gasteiger partial charge in [-0.25, -0.2) is 0 Å². The standard InChI is InChI=1S/C14H19BrN2O/c1-5-10(9-16)14(17(2)3)11-6-7-13(18-4)12(15)8-11/h6-8,10,14H,5H2,1-4H3. The molecule has 1 aromatic rings. The molecule has 4 heteroatoms. The monoisotopic (exact) mass is 310 g/mol. The molecule has 0 N–H and O–H groups in total. The number of methoxy groups -OCH3 is 1. The summed E-state index contributed by atoms with van der Waals surface area (Å²) in [6.07, 6.45) is 0.836. The Kier molecular flexibility index (Phi) is 5.64. The number of ether oxygens (including phenoxy) is 1. The lowest BCUT2D eigenvalue weighted by atomic mass is 9.91. The quantitative estimate of drug-likeness (QED) is 0.833. The maximum atomic E-state index is 9.26. The van der Waals surface area contributed by atoms with Crippen molar-refractivity contribution in [2.45, 2.75) is 19.4 Å². The van der Waals surface area contributed by atoms with Crippen molar-refractivity contribution in [3.8, 4) is 11.8 Å². The third-order valence-corrected chi connectivity index (χ3v) is 3.68.